The van der Waals surface area contributed by atoms with E-state index in [2.05, 4.69) is 0 Å². The fourth-order valence-corrected chi connectivity index (χ4v) is 3.33. The van der Waals surface area contributed by atoms with Crippen molar-refractivity contribution in [2.45, 2.75) is 6.04 Å². The van der Waals surface area contributed by atoms with Crippen LogP contribution in [0.5, 0.6) is 5.75 Å². The van der Waals surface area contributed by atoms with Gasteiger partial charge in [-0.1, -0.05) is 18.2 Å². The molecule has 1 N–H and O–H groups in total. The summed E-state index contributed by atoms with van der Waals surface area (Å²) in [7, 11) is 2.74. The Labute approximate surface area is 166 Å². The third-order valence-corrected chi connectivity index (χ3v) is 4.69. The SMILES string of the molecule is COCCN1C(=O)C(=O)/C(=C(/O)c2cc(F)ccc2OC)C1c1ccccc1F. The van der Waals surface area contributed by atoms with Gasteiger partial charge in [0.05, 0.1) is 30.9 Å². The van der Waals surface area contributed by atoms with Gasteiger partial charge in [0, 0.05) is 19.2 Å². The van der Waals surface area contributed by atoms with Gasteiger partial charge in [-0.25, -0.2) is 8.78 Å². The van der Waals surface area contributed by atoms with E-state index >= 15 is 0 Å². The standard InChI is InChI=1S/C21H19F2NO5/c1-28-10-9-24-18(13-5-3-4-6-15(13)23)17(20(26)21(24)27)19(25)14-11-12(22)7-8-16(14)29-2/h3-8,11,18,25H,9-10H2,1-2H3/b19-17+. The number of aliphatic hydroxyl groups excluding tert-OH is 1. The molecule has 1 unspecified atom stereocenters. The molecule has 0 aliphatic carbocycles. The van der Waals surface area contributed by atoms with E-state index in [0.717, 1.165) is 17.0 Å². The lowest BCUT2D eigenvalue weighted by Crippen LogP contribution is -2.33. The molecule has 29 heavy (non-hydrogen) atoms. The van der Waals surface area contributed by atoms with Gasteiger partial charge in [0.2, 0.25) is 0 Å². The zero-order valence-corrected chi connectivity index (χ0v) is 15.8. The molecule has 1 aliphatic heterocycles. The number of ether oxygens (including phenoxy) is 2. The Morgan fingerprint density at radius 1 is 1.14 bits per heavy atom. The van der Waals surface area contributed by atoms with Crippen molar-refractivity contribution in [3.05, 3.63) is 70.8 Å². The Morgan fingerprint density at radius 2 is 1.86 bits per heavy atom. The molecule has 6 nitrogen and oxygen atoms in total. The van der Waals surface area contributed by atoms with E-state index in [1.807, 2.05) is 0 Å². The number of Topliss-reactive ketones (excluding diaryl/α,β-unsaturated/α-hetero) is 1. The van der Waals surface area contributed by atoms with E-state index in [-0.39, 0.29) is 35.6 Å². The minimum absolute atomic E-state index is 0.00284. The molecular weight excluding hydrogens is 384 g/mol. The quantitative estimate of drug-likeness (QED) is 0.456. The molecule has 0 aromatic heterocycles. The summed E-state index contributed by atoms with van der Waals surface area (Å²) in [6, 6.07) is 7.82. The van der Waals surface area contributed by atoms with Gasteiger partial charge in [0.15, 0.2) is 0 Å². The fourth-order valence-electron chi connectivity index (χ4n) is 3.33. The fraction of sp³-hybridized carbons (Fsp3) is 0.238. The first kappa shape index (κ1) is 20.5. The molecule has 1 heterocycles. The van der Waals surface area contributed by atoms with Crippen molar-refractivity contribution < 1.29 is 33.0 Å². The number of halogens is 2. The number of carbonyl (C=O) groups is 2. The van der Waals surface area contributed by atoms with Crippen molar-refractivity contribution in [1.82, 2.24) is 4.90 Å². The lowest BCUT2D eigenvalue weighted by molar-refractivity contribution is -0.140. The van der Waals surface area contributed by atoms with Crippen LogP contribution in [0.25, 0.3) is 5.76 Å². The summed E-state index contributed by atoms with van der Waals surface area (Å²) >= 11 is 0. The van der Waals surface area contributed by atoms with E-state index in [9.17, 15) is 23.5 Å². The predicted octanol–water partition coefficient (Wildman–Crippen LogP) is 3.04. The van der Waals surface area contributed by atoms with Crippen LogP contribution in [-0.2, 0) is 14.3 Å². The largest absolute Gasteiger partial charge is 0.507 e. The zero-order valence-electron chi connectivity index (χ0n) is 15.8. The number of hydrogen-bond acceptors (Lipinski definition) is 5. The maximum atomic E-state index is 14.6. The van der Waals surface area contributed by atoms with Crippen molar-refractivity contribution in [2.24, 2.45) is 0 Å². The lowest BCUT2D eigenvalue weighted by atomic mass is 9.94. The molecule has 152 valence electrons. The van der Waals surface area contributed by atoms with E-state index < -0.39 is 35.1 Å². The Balaban J connectivity index is 2.25. The van der Waals surface area contributed by atoms with E-state index in [1.165, 1.54) is 38.5 Å². The van der Waals surface area contributed by atoms with E-state index in [0.29, 0.717) is 0 Å². The average molecular weight is 403 g/mol. The molecule has 2 aromatic carbocycles. The van der Waals surface area contributed by atoms with Crippen molar-refractivity contribution in [1.29, 1.82) is 0 Å². The van der Waals surface area contributed by atoms with Crippen LogP contribution in [-0.4, -0.2) is 49.1 Å². The normalized spacial score (nSPS) is 18.3. The minimum Gasteiger partial charge on any atom is -0.507 e. The smallest absolute Gasteiger partial charge is 0.295 e. The van der Waals surface area contributed by atoms with Gasteiger partial charge >= 0.3 is 0 Å². The number of benzene rings is 2. The van der Waals surface area contributed by atoms with E-state index in [1.54, 1.807) is 6.07 Å². The molecule has 1 aliphatic rings. The van der Waals surface area contributed by atoms with Crippen LogP contribution < -0.4 is 4.74 Å². The molecule has 1 atom stereocenters. The number of aliphatic hydroxyl groups is 1. The highest BCUT2D eigenvalue weighted by Gasteiger charge is 2.47. The Bertz CT molecular complexity index is 989. The second-order valence-electron chi connectivity index (χ2n) is 6.35. The second kappa shape index (κ2) is 8.40. The van der Waals surface area contributed by atoms with Crippen molar-refractivity contribution in [3.63, 3.8) is 0 Å². The molecule has 2 aromatic rings. The van der Waals surface area contributed by atoms with Crippen LogP contribution in [0.3, 0.4) is 0 Å². The van der Waals surface area contributed by atoms with Gasteiger partial charge in [-0.3, -0.25) is 9.59 Å². The van der Waals surface area contributed by atoms with Crippen LogP contribution in [0, 0.1) is 11.6 Å². The third-order valence-electron chi connectivity index (χ3n) is 4.69. The molecule has 8 heteroatoms. The van der Waals surface area contributed by atoms with Crippen LogP contribution in [0.15, 0.2) is 48.0 Å². The molecule has 0 bridgehead atoms. The number of likely N-dealkylation sites (tertiary alicyclic amines) is 1. The number of nitrogens with zero attached hydrogens (tertiary/aromatic N) is 1. The first-order valence-electron chi connectivity index (χ1n) is 8.76. The minimum atomic E-state index is -1.20. The maximum Gasteiger partial charge on any atom is 0.295 e. The van der Waals surface area contributed by atoms with Gasteiger partial charge in [-0.05, 0) is 24.3 Å². The number of carbonyl (C=O) groups excluding carboxylic acids is 2. The van der Waals surface area contributed by atoms with Crippen molar-refractivity contribution in [2.75, 3.05) is 27.4 Å². The number of methoxy groups -OCH3 is 2. The topological polar surface area (TPSA) is 76.1 Å². The van der Waals surface area contributed by atoms with Crippen LogP contribution in [0.4, 0.5) is 8.78 Å². The first-order valence-corrected chi connectivity index (χ1v) is 8.76. The zero-order chi connectivity index (χ0) is 21.1. The highest BCUT2D eigenvalue weighted by atomic mass is 19.1. The molecule has 1 fully saturated rings. The molecular formula is C21H19F2NO5. The summed E-state index contributed by atoms with van der Waals surface area (Å²) in [6.07, 6.45) is 0. The van der Waals surface area contributed by atoms with Gasteiger partial charge in [0.25, 0.3) is 11.7 Å². The second-order valence-corrected chi connectivity index (χ2v) is 6.35. The third kappa shape index (κ3) is 3.71. The molecule has 1 saturated heterocycles. The molecule has 1 amide bonds. The maximum absolute atomic E-state index is 14.6. The predicted molar refractivity (Wildman–Crippen MR) is 100 cm³/mol. The highest BCUT2D eigenvalue weighted by Crippen LogP contribution is 2.41. The number of ketones is 1. The van der Waals surface area contributed by atoms with Gasteiger partial charge in [-0.15, -0.1) is 0 Å². The molecule has 3 rings (SSSR count). The molecule has 0 saturated carbocycles. The molecule has 0 radical (unpaired) electrons. The average Bonchev–Trinajstić information content (AvgIpc) is 2.96. The summed E-state index contributed by atoms with van der Waals surface area (Å²) in [6.45, 7) is 0.0957. The van der Waals surface area contributed by atoms with Gasteiger partial charge in [-0.2, -0.15) is 0 Å². The van der Waals surface area contributed by atoms with Crippen LogP contribution in [0.2, 0.25) is 0 Å². The van der Waals surface area contributed by atoms with E-state index in [4.69, 9.17) is 9.47 Å². The summed E-state index contributed by atoms with van der Waals surface area (Å²) in [5.74, 6) is -3.79. The number of rotatable bonds is 6. The Kier molecular flexibility index (Phi) is 5.93. The molecule has 0 spiro atoms. The summed E-state index contributed by atoms with van der Waals surface area (Å²) in [5.41, 5.74) is -0.432. The Morgan fingerprint density at radius 3 is 2.52 bits per heavy atom. The number of hydrogen-bond donors (Lipinski definition) is 1. The summed E-state index contributed by atoms with van der Waals surface area (Å²) < 4.78 is 38.5. The van der Waals surface area contributed by atoms with Gasteiger partial charge in [0.1, 0.15) is 23.1 Å². The van der Waals surface area contributed by atoms with Crippen LogP contribution >= 0.6 is 0 Å². The Hall–Kier alpha value is -3.26. The first-order chi connectivity index (χ1) is 13.9. The van der Waals surface area contributed by atoms with Crippen LogP contribution in [0.1, 0.15) is 17.2 Å². The summed E-state index contributed by atoms with van der Waals surface area (Å²) in [4.78, 5) is 26.5. The van der Waals surface area contributed by atoms with Crippen molar-refractivity contribution >= 4 is 17.4 Å². The lowest BCUT2D eigenvalue weighted by Gasteiger charge is -2.25. The summed E-state index contributed by atoms with van der Waals surface area (Å²) in [5, 5.41) is 10.9. The number of amides is 1. The monoisotopic (exact) mass is 403 g/mol. The highest BCUT2D eigenvalue weighted by molar-refractivity contribution is 6.46. The van der Waals surface area contributed by atoms with Gasteiger partial charge < -0.3 is 19.5 Å². The van der Waals surface area contributed by atoms with Crippen molar-refractivity contribution in [3.8, 4) is 5.75 Å².